The molecule has 3 aliphatic rings. The molecule has 6 heteroatoms. The van der Waals surface area contributed by atoms with Gasteiger partial charge in [0.05, 0.1) is 12.6 Å². The van der Waals surface area contributed by atoms with Crippen LogP contribution in [0.5, 0.6) is 0 Å². The number of carbonyl (C=O) groups excluding carboxylic acids is 1. The van der Waals surface area contributed by atoms with Crippen molar-refractivity contribution in [2.45, 2.75) is 62.9 Å². The van der Waals surface area contributed by atoms with Gasteiger partial charge in [-0.1, -0.05) is 6.07 Å². The summed E-state index contributed by atoms with van der Waals surface area (Å²) >= 11 is 1.67. The number of likely N-dealkylation sites (tertiary alicyclic amines) is 1. The van der Waals surface area contributed by atoms with E-state index in [-0.39, 0.29) is 18.1 Å². The van der Waals surface area contributed by atoms with Crippen LogP contribution in [0.25, 0.3) is 0 Å². The standard InChI is InChI=1S/C18H26N2O3S/c21-18(19-12-14-2-1-11-24-14)17-4-3-15-16(23-17)5-8-20(15)13-6-9-22-10-7-13/h1-2,11,13,15-17H,3-10,12H2,(H,19,21)/t15-,16-,17+/m1/s1. The van der Waals surface area contributed by atoms with Crippen LogP contribution in [0.4, 0.5) is 0 Å². The maximum Gasteiger partial charge on any atom is 0.249 e. The molecule has 132 valence electrons. The average molecular weight is 350 g/mol. The average Bonchev–Trinajstić information content (AvgIpc) is 3.29. The van der Waals surface area contributed by atoms with E-state index in [9.17, 15) is 4.79 Å². The third-order valence-corrected chi connectivity index (χ3v) is 6.44. The number of thiophene rings is 1. The fourth-order valence-corrected chi connectivity index (χ4v) is 4.97. The second kappa shape index (κ2) is 7.52. The lowest BCUT2D eigenvalue weighted by Gasteiger charge is -2.40. The van der Waals surface area contributed by atoms with Crippen molar-refractivity contribution in [3.05, 3.63) is 22.4 Å². The van der Waals surface area contributed by atoms with Gasteiger partial charge in [0, 0.05) is 36.7 Å². The van der Waals surface area contributed by atoms with Crippen molar-refractivity contribution >= 4 is 17.2 Å². The number of carbonyl (C=O) groups is 1. The van der Waals surface area contributed by atoms with Gasteiger partial charge in [0.1, 0.15) is 6.10 Å². The minimum absolute atomic E-state index is 0.0476. The van der Waals surface area contributed by atoms with Crippen molar-refractivity contribution in [1.82, 2.24) is 10.2 Å². The van der Waals surface area contributed by atoms with Gasteiger partial charge in [-0.25, -0.2) is 0 Å². The molecule has 1 amide bonds. The molecule has 3 saturated heterocycles. The van der Waals surface area contributed by atoms with Gasteiger partial charge in [-0.15, -0.1) is 11.3 Å². The van der Waals surface area contributed by atoms with E-state index in [0.717, 1.165) is 51.9 Å². The molecule has 1 aromatic rings. The molecule has 0 spiro atoms. The van der Waals surface area contributed by atoms with Crippen LogP contribution in [0.2, 0.25) is 0 Å². The summed E-state index contributed by atoms with van der Waals surface area (Å²) in [5, 5.41) is 5.06. The molecular weight excluding hydrogens is 324 g/mol. The Bertz CT molecular complexity index is 544. The summed E-state index contributed by atoms with van der Waals surface area (Å²) in [6, 6.07) is 5.19. The highest BCUT2D eigenvalue weighted by atomic mass is 32.1. The van der Waals surface area contributed by atoms with Crippen LogP contribution in [0.15, 0.2) is 17.5 Å². The molecule has 5 nitrogen and oxygen atoms in total. The largest absolute Gasteiger partial charge is 0.381 e. The molecular formula is C18H26N2O3S. The summed E-state index contributed by atoms with van der Waals surface area (Å²) in [5.74, 6) is 0.0476. The summed E-state index contributed by atoms with van der Waals surface area (Å²) in [5.41, 5.74) is 0. The van der Waals surface area contributed by atoms with Crippen molar-refractivity contribution < 1.29 is 14.3 Å². The number of ether oxygens (including phenoxy) is 2. The van der Waals surface area contributed by atoms with E-state index in [1.807, 2.05) is 17.5 Å². The molecule has 4 heterocycles. The van der Waals surface area contributed by atoms with E-state index >= 15 is 0 Å². The Balaban J connectivity index is 1.29. The van der Waals surface area contributed by atoms with Crippen molar-refractivity contribution in [3.8, 4) is 0 Å². The van der Waals surface area contributed by atoms with Crippen molar-refractivity contribution in [2.24, 2.45) is 0 Å². The highest BCUT2D eigenvalue weighted by molar-refractivity contribution is 7.09. The number of hydrogen-bond donors (Lipinski definition) is 1. The van der Waals surface area contributed by atoms with Crippen LogP contribution in [0, 0.1) is 0 Å². The topological polar surface area (TPSA) is 50.8 Å². The van der Waals surface area contributed by atoms with Crippen LogP contribution < -0.4 is 5.32 Å². The molecule has 3 aliphatic heterocycles. The smallest absolute Gasteiger partial charge is 0.249 e. The third-order valence-electron chi connectivity index (χ3n) is 5.56. The van der Waals surface area contributed by atoms with Crippen LogP contribution >= 0.6 is 11.3 Å². The first-order valence-electron chi connectivity index (χ1n) is 9.10. The number of rotatable bonds is 4. The Kier molecular flexibility index (Phi) is 5.17. The van der Waals surface area contributed by atoms with Gasteiger partial charge in [-0.3, -0.25) is 9.69 Å². The van der Waals surface area contributed by atoms with Crippen LogP contribution in [-0.2, 0) is 20.8 Å². The normalized spacial score (nSPS) is 31.8. The number of nitrogens with zero attached hydrogens (tertiary/aromatic N) is 1. The fraction of sp³-hybridized carbons (Fsp3) is 0.722. The second-order valence-corrected chi connectivity index (χ2v) is 8.01. The summed E-state index contributed by atoms with van der Waals surface area (Å²) in [6.07, 6.45) is 5.16. The van der Waals surface area contributed by atoms with E-state index < -0.39 is 0 Å². The first-order valence-corrected chi connectivity index (χ1v) is 9.98. The zero-order valence-electron chi connectivity index (χ0n) is 14.0. The van der Waals surface area contributed by atoms with E-state index in [4.69, 9.17) is 9.47 Å². The van der Waals surface area contributed by atoms with Gasteiger partial charge in [-0.2, -0.15) is 0 Å². The molecule has 0 unspecified atom stereocenters. The summed E-state index contributed by atoms with van der Waals surface area (Å²) < 4.78 is 11.7. The monoisotopic (exact) mass is 350 g/mol. The van der Waals surface area contributed by atoms with E-state index in [0.29, 0.717) is 18.6 Å². The molecule has 1 aromatic heterocycles. The third kappa shape index (κ3) is 3.52. The molecule has 3 fully saturated rings. The summed E-state index contributed by atoms with van der Waals surface area (Å²) in [6.45, 7) is 3.47. The van der Waals surface area contributed by atoms with Crippen molar-refractivity contribution in [2.75, 3.05) is 19.8 Å². The Hall–Kier alpha value is -0.950. The fourth-order valence-electron chi connectivity index (χ4n) is 4.32. The van der Waals surface area contributed by atoms with E-state index in [1.54, 1.807) is 11.3 Å². The molecule has 0 saturated carbocycles. The Morgan fingerprint density at radius 3 is 2.92 bits per heavy atom. The molecule has 0 bridgehead atoms. The highest BCUT2D eigenvalue weighted by Crippen LogP contribution is 2.34. The minimum atomic E-state index is -0.277. The molecule has 0 aromatic carbocycles. The zero-order valence-corrected chi connectivity index (χ0v) is 14.8. The molecule has 3 atom stereocenters. The van der Waals surface area contributed by atoms with Gasteiger partial charge < -0.3 is 14.8 Å². The van der Waals surface area contributed by atoms with Gasteiger partial charge in [0.25, 0.3) is 0 Å². The number of nitrogens with one attached hydrogen (secondary N) is 1. The van der Waals surface area contributed by atoms with E-state index in [1.165, 1.54) is 4.88 Å². The van der Waals surface area contributed by atoms with Gasteiger partial charge in [0.2, 0.25) is 5.91 Å². The van der Waals surface area contributed by atoms with Gasteiger partial charge in [0.15, 0.2) is 0 Å². The van der Waals surface area contributed by atoms with Crippen LogP contribution in [0.3, 0.4) is 0 Å². The first kappa shape index (κ1) is 16.5. The van der Waals surface area contributed by atoms with Crippen LogP contribution in [0.1, 0.15) is 37.0 Å². The lowest BCUT2D eigenvalue weighted by atomic mass is 9.96. The summed E-state index contributed by atoms with van der Waals surface area (Å²) in [4.78, 5) is 16.2. The predicted octanol–water partition coefficient (Wildman–Crippen LogP) is 2.17. The zero-order chi connectivity index (χ0) is 16.4. The number of hydrogen-bond acceptors (Lipinski definition) is 5. The molecule has 0 radical (unpaired) electrons. The number of amides is 1. The second-order valence-electron chi connectivity index (χ2n) is 6.98. The maximum atomic E-state index is 12.4. The van der Waals surface area contributed by atoms with Crippen molar-refractivity contribution in [3.63, 3.8) is 0 Å². The first-order chi connectivity index (χ1) is 11.8. The van der Waals surface area contributed by atoms with Gasteiger partial charge >= 0.3 is 0 Å². The van der Waals surface area contributed by atoms with E-state index in [2.05, 4.69) is 10.2 Å². The number of fused-ring (bicyclic) bond motifs is 1. The van der Waals surface area contributed by atoms with Crippen molar-refractivity contribution in [1.29, 1.82) is 0 Å². The quantitative estimate of drug-likeness (QED) is 0.904. The Morgan fingerprint density at radius 1 is 1.25 bits per heavy atom. The van der Waals surface area contributed by atoms with Crippen LogP contribution in [-0.4, -0.2) is 54.9 Å². The Labute approximate surface area is 147 Å². The Morgan fingerprint density at radius 2 is 2.12 bits per heavy atom. The van der Waals surface area contributed by atoms with Gasteiger partial charge in [-0.05, 0) is 43.6 Å². The molecule has 0 aliphatic carbocycles. The predicted molar refractivity (Wildman–Crippen MR) is 93.0 cm³/mol. The minimum Gasteiger partial charge on any atom is -0.381 e. The summed E-state index contributed by atoms with van der Waals surface area (Å²) in [7, 11) is 0. The molecule has 4 rings (SSSR count). The SMILES string of the molecule is O=C(NCc1cccs1)[C@@H]1CC[C@@H]2[C@@H](CCN2C2CCOCC2)O1. The lowest BCUT2D eigenvalue weighted by molar-refractivity contribution is -0.144. The molecule has 24 heavy (non-hydrogen) atoms. The maximum absolute atomic E-state index is 12.4. The highest BCUT2D eigenvalue weighted by Gasteiger charge is 2.43. The molecule has 1 N–H and O–H groups in total. The lowest BCUT2D eigenvalue weighted by Crippen LogP contribution is -2.50.